The Morgan fingerprint density at radius 3 is 2.57 bits per heavy atom. The van der Waals surface area contributed by atoms with E-state index in [1.54, 1.807) is 20.8 Å². The molecule has 0 aliphatic carbocycles. The molecule has 1 fully saturated rings. The first kappa shape index (κ1) is 21.7. The summed E-state index contributed by atoms with van der Waals surface area (Å²) in [5, 5.41) is 12.7. The molecule has 1 aliphatic rings. The van der Waals surface area contributed by atoms with E-state index < -0.39 is 35.7 Å². The fourth-order valence-corrected chi connectivity index (χ4v) is 2.97. The minimum absolute atomic E-state index is 0.115. The lowest BCUT2D eigenvalue weighted by Crippen LogP contribution is -2.50. The number of nitrogens with one attached hydrogen (secondary N) is 1. The van der Waals surface area contributed by atoms with Crippen molar-refractivity contribution in [2.75, 3.05) is 13.1 Å². The number of benzene rings is 1. The lowest BCUT2D eigenvalue weighted by molar-refractivity contribution is -0.155. The van der Waals surface area contributed by atoms with Gasteiger partial charge in [-0.2, -0.15) is 0 Å². The van der Waals surface area contributed by atoms with Crippen LogP contribution in [0.15, 0.2) is 30.3 Å². The largest absolute Gasteiger partial charge is 0.459 e. The summed E-state index contributed by atoms with van der Waals surface area (Å²) in [6, 6.07) is 8.55. The molecule has 28 heavy (non-hydrogen) atoms. The number of ether oxygens (including phenoxy) is 2. The van der Waals surface area contributed by atoms with Gasteiger partial charge < -0.3 is 24.8 Å². The summed E-state index contributed by atoms with van der Waals surface area (Å²) in [5.74, 6) is -1.32. The second kappa shape index (κ2) is 9.54. The standard InChI is InChI=1S/C20H28N2O6/c1-20(2,3)28-16(23)12-21-18(25)17(24)15-10-7-11-22(15)19(26)27-13-14-8-5-4-6-9-14/h4-6,8-9,15,17,24H,7,10-13H2,1-3H3,(H,21,25). The Balaban J connectivity index is 1.85. The highest BCUT2D eigenvalue weighted by molar-refractivity contribution is 5.86. The molecule has 1 aromatic rings. The van der Waals surface area contributed by atoms with Crippen molar-refractivity contribution in [3.05, 3.63) is 35.9 Å². The molecule has 2 N–H and O–H groups in total. The molecule has 0 spiro atoms. The number of aliphatic hydroxyl groups is 1. The average molecular weight is 392 g/mol. The fourth-order valence-electron chi connectivity index (χ4n) is 2.97. The predicted molar refractivity (Wildman–Crippen MR) is 101 cm³/mol. The predicted octanol–water partition coefficient (Wildman–Crippen LogP) is 1.61. The van der Waals surface area contributed by atoms with Crippen molar-refractivity contribution in [3.8, 4) is 0 Å². The van der Waals surface area contributed by atoms with Gasteiger partial charge in [0.05, 0.1) is 6.04 Å². The first-order valence-electron chi connectivity index (χ1n) is 9.32. The Kier molecular flexibility index (Phi) is 7.39. The third-order valence-corrected chi connectivity index (χ3v) is 4.20. The lowest BCUT2D eigenvalue weighted by atomic mass is 10.1. The summed E-state index contributed by atoms with van der Waals surface area (Å²) in [6.07, 6.45) is -0.900. The van der Waals surface area contributed by atoms with Crippen LogP contribution in [0, 0.1) is 0 Å². The van der Waals surface area contributed by atoms with Crippen LogP contribution in [-0.4, -0.2) is 58.8 Å². The van der Waals surface area contributed by atoms with E-state index >= 15 is 0 Å². The average Bonchev–Trinajstić information content (AvgIpc) is 3.12. The second-order valence-electron chi connectivity index (χ2n) is 7.69. The van der Waals surface area contributed by atoms with Gasteiger partial charge in [-0.1, -0.05) is 30.3 Å². The third kappa shape index (κ3) is 6.53. The highest BCUT2D eigenvalue weighted by atomic mass is 16.6. The van der Waals surface area contributed by atoms with Crippen LogP contribution >= 0.6 is 0 Å². The van der Waals surface area contributed by atoms with Crippen LogP contribution in [0.2, 0.25) is 0 Å². The normalized spacial score (nSPS) is 17.7. The summed E-state index contributed by atoms with van der Waals surface area (Å²) < 4.78 is 10.4. The minimum Gasteiger partial charge on any atom is -0.459 e. The van der Waals surface area contributed by atoms with Crippen molar-refractivity contribution in [1.82, 2.24) is 10.2 Å². The van der Waals surface area contributed by atoms with Crippen molar-refractivity contribution in [2.24, 2.45) is 0 Å². The van der Waals surface area contributed by atoms with Gasteiger partial charge in [-0.25, -0.2) is 4.79 Å². The summed E-state index contributed by atoms with van der Waals surface area (Å²) in [7, 11) is 0. The molecule has 1 saturated heterocycles. The Bertz CT molecular complexity index is 686. The number of carbonyl (C=O) groups is 3. The molecule has 0 saturated carbocycles. The van der Waals surface area contributed by atoms with E-state index in [9.17, 15) is 19.5 Å². The van der Waals surface area contributed by atoms with Crippen molar-refractivity contribution in [3.63, 3.8) is 0 Å². The summed E-state index contributed by atoms with van der Waals surface area (Å²) in [6.45, 7) is 5.33. The topological polar surface area (TPSA) is 105 Å². The molecule has 0 bridgehead atoms. The number of hydrogen-bond donors (Lipinski definition) is 2. The molecule has 1 aliphatic heterocycles. The maximum absolute atomic E-state index is 12.4. The number of nitrogens with zero attached hydrogens (tertiary/aromatic N) is 1. The molecule has 2 amide bonds. The summed E-state index contributed by atoms with van der Waals surface area (Å²) >= 11 is 0. The molecule has 0 aromatic heterocycles. The molecule has 1 aromatic carbocycles. The van der Waals surface area contributed by atoms with Gasteiger partial charge in [0.1, 0.15) is 18.8 Å². The smallest absolute Gasteiger partial charge is 0.410 e. The Labute approximate surface area is 164 Å². The van der Waals surface area contributed by atoms with E-state index in [2.05, 4.69) is 5.32 Å². The Morgan fingerprint density at radius 2 is 1.93 bits per heavy atom. The summed E-state index contributed by atoms with van der Waals surface area (Å²) in [4.78, 5) is 37.6. The van der Waals surface area contributed by atoms with Gasteiger partial charge in [0, 0.05) is 6.54 Å². The fraction of sp³-hybridized carbons (Fsp3) is 0.550. The van der Waals surface area contributed by atoms with Crippen molar-refractivity contribution < 1.29 is 29.0 Å². The zero-order valence-electron chi connectivity index (χ0n) is 16.5. The highest BCUT2D eigenvalue weighted by Gasteiger charge is 2.38. The lowest BCUT2D eigenvalue weighted by Gasteiger charge is -2.27. The number of amides is 2. The number of likely N-dealkylation sites (tertiary alicyclic amines) is 1. The zero-order chi connectivity index (χ0) is 20.7. The first-order chi connectivity index (χ1) is 13.2. The number of hydrogen-bond acceptors (Lipinski definition) is 6. The molecule has 8 nitrogen and oxygen atoms in total. The maximum Gasteiger partial charge on any atom is 0.410 e. The molecule has 2 unspecified atom stereocenters. The van der Waals surface area contributed by atoms with Gasteiger partial charge in [0.25, 0.3) is 5.91 Å². The molecule has 154 valence electrons. The minimum atomic E-state index is -1.45. The van der Waals surface area contributed by atoms with Crippen LogP contribution in [0.25, 0.3) is 0 Å². The first-order valence-corrected chi connectivity index (χ1v) is 9.32. The number of esters is 1. The van der Waals surface area contributed by atoms with E-state index in [0.29, 0.717) is 19.4 Å². The Morgan fingerprint density at radius 1 is 1.25 bits per heavy atom. The van der Waals surface area contributed by atoms with Crippen LogP contribution in [0.1, 0.15) is 39.2 Å². The quantitative estimate of drug-likeness (QED) is 0.713. The van der Waals surface area contributed by atoms with E-state index in [1.165, 1.54) is 4.90 Å². The number of rotatable bonds is 6. The molecular weight excluding hydrogens is 364 g/mol. The molecular formula is C20H28N2O6. The summed E-state index contributed by atoms with van der Waals surface area (Å²) in [5.41, 5.74) is 0.188. The van der Waals surface area contributed by atoms with Crippen LogP contribution in [0.4, 0.5) is 4.79 Å². The van der Waals surface area contributed by atoms with Crippen LogP contribution < -0.4 is 5.32 Å². The van der Waals surface area contributed by atoms with E-state index in [0.717, 1.165) is 5.56 Å². The van der Waals surface area contributed by atoms with Crippen LogP contribution in [-0.2, 0) is 25.7 Å². The number of carbonyl (C=O) groups excluding carboxylic acids is 3. The van der Waals surface area contributed by atoms with Gasteiger partial charge in [-0.3, -0.25) is 9.59 Å². The second-order valence-corrected chi connectivity index (χ2v) is 7.69. The SMILES string of the molecule is CC(C)(C)OC(=O)CNC(=O)C(O)C1CCCN1C(=O)OCc1ccccc1. The maximum atomic E-state index is 12.4. The van der Waals surface area contributed by atoms with Crippen molar-refractivity contribution >= 4 is 18.0 Å². The van der Waals surface area contributed by atoms with Crippen LogP contribution in [0.5, 0.6) is 0 Å². The van der Waals surface area contributed by atoms with Gasteiger partial charge in [-0.15, -0.1) is 0 Å². The van der Waals surface area contributed by atoms with E-state index in [-0.39, 0.29) is 13.2 Å². The van der Waals surface area contributed by atoms with E-state index in [4.69, 9.17) is 9.47 Å². The molecule has 1 heterocycles. The van der Waals surface area contributed by atoms with E-state index in [1.807, 2.05) is 30.3 Å². The zero-order valence-corrected chi connectivity index (χ0v) is 16.5. The van der Waals surface area contributed by atoms with Crippen molar-refractivity contribution in [1.29, 1.82) is 0 Å². The molecule has 2 atom stereocenters. The molecule has 2 rings (SSSR count). The van der Waals surface area contributed by atoms with Gasteiger partial charge in [0.2, 0.25) is 0 Å². The van der Waals surface area contributed by atoms with Gasteiger partial charge in [0.15, 0.2) is 6.10 Å². The van der Waals surface area contributed by atoms with Crippen LogP contribution in [0.3, 0.4) is 0 Å². The molecule has 8 heteroatoms. The highest BCUT2D eigenvalue weighted by Crippen LogP contribution is 2.22. The van der Waals surface area contributed by atoms with Crippen molar-refractivity contribution in [2.45, 2.75) is 58.0 Å². The number of aliphatic hydroxyl groups excluding tert-OH is 1. The van der Waals surface area contributed by atoms with Gasteiger partial charge >= 0.3 is 12.1 Å². The molecule has 0 radical (unpaired) electrons. The third-order valence-electron chi connectivity index (χ3n) is 4.20. The monoisotopic (exact) mass is 392 g/mol. The Hall–Kier alpha value is -2.61. The van der Waals surface area contributed by atoms with Gasteiger partial charge in [-0.05, 0) is 39.2 Å².